The zero-order chi connectivity index (χ0) is 38.2. The maximum absolute atomic E-state index is 15.1. The van der Waals surface area contributed by atoms with E-state index >= 15 is 8.78 Å². The van der Waals surface area contributed by atoms with E-state index in [-0.39, 0.29) is 25.8 Å². The number of benzene rings is 5. The predicted molar refractivity (Wildman–Crippen MR) is 174 cm³/mol. The van der Waals surface area contributed by atoms with Crippen molar-refractivity contribution in [3.8, 4) is 16.9 Å². The highest BCUT2D eigenvalue weighted by Gasteiger charge is 2.86. The number of hydrogen-bond acceptors (Lipinski definition) is 5. The molecule has 0 heterocycles. The molecule has 0 saturated carbocycles. The number of carbonyl (C=O) groups is 1. The third kappa shape index (κ3) is 6.65. The Morgan fingerprint density at radius 1 is 0.519 bits per heavy atom. The first-order valence-electron chi connectivity index (χ1n) is 14.8. The molecule has 0 amide bonds. The Bertz CT molecular complexity index is 2090. The van der Waals surface area contributed by atoms with Crippen molar-refractivity contribution in [3.05, 3.63) is 145 Å². The van der Waals surface area contributed by atoms with Gasteiger partial charge >= 0.3 is 33.4 Å². The number of rotatable bonds is 12. The molecule has 0 bridgehead atoms. The first-order valence-corrected chi connectivity index (χ1v) is 17.8. The molecule has 5 aromatic carbocycles. The molecule has 0 spiro atoms. The van der Waals surface area contributed by atoms with Gasteiger partial charge in [0.2, 0.25) is 0 Å². The lowest BCUT2D eigenvalue weighted by Gasteiger charge is -2.41. The van der Waals surface area contributed by atoms with Gasteiger partial charge in [-0.2, -0.15) is 47.9 Å². The number of ether oxygens (including phenoxy) is 1. The first kappa shape index (κ1) is 38.4. The fourth-order valence-corrected chi connectivity index (χ4v) is 10.2. The van der Waals surface area contributed by atoms with Gasteiger partial charge in [0.1, 0.15) is 5.75 Å². The molecule has 52 heavy (non-hydrogen) atoms. The molecule has 0 radical (unpaired) electrons. The molecule has 0 aromatic heterocycles. The standard InChI is InChI=1S/C36H25F9O5S2/c1-49-28-20-16-25(17-21-28)24-12-14-26(15-13-24)32(46)27-18-22-31(23-19-27)51(29-8-4-2-5-9-29,30-10-6-3-7-11-30)50-52(47,48)36(44,45)34(39,40)33(37,38)35(41,42)43/h2-23H,1H3. The van der Waals surface area contributed by atoms with Gasteiger partial charge in [-0.3, -0.25) is 4.79 Å². The predicted octanol–water partition coefficient (Wildman–Crippen LogP) is 10.6. The molecule has 0 aliphatic carbocycles. The van der Waals surface area contributed by atoms with Crippen LogP contribution in [0.25, 0.3) is 11.1 Å². The largest absolute Gasteiger partial charge is 0.497 e. The summed E-state index contributed by atoms with van der Waals surface area (Å²) in [5.74, 6) is -14.9. The van der Waals surface area contributed by atoms with Crippen LogP contribution in [0.2, 0.25) is 0 Å². The summed E-state index contributed by atoms with van der Waals surface area (Å²) in [6.07, 6.45) is -7.27. The average Bonchev–Trinajstić information content (AvgIpc) is 3.14. The Balaban J connectivity index is 1.60. The normalized spacial score (nSPS) is 13.4. The number of methoxy groups -OCH3 is 1. The zero-order valence-electron chi connectivity index (χ0n) is 26.5. The van der Waals surface area contributed by atoms with Crippen molar-refractivity contribution in [3.63, 3.8) is 0 Å². The van der Waals surface area contributed by atoms with Crippen molar-refractivity contribution >= 4 is 26.2 Å². The molecule has 0 saturated heterocycles. The van der Waals surface area contributed by atoms with Gasteiger partial charge < -0.3 is 4.74 Å². The monoisotopic (exact) mass is 772 g/mol. The number of hydrogen-bond donors (Lipinski definition) is 0. The summed E-state index contributed by atoms with van der Waals surface area (Å²) in [4.78, 5) is 12.6. The number of ketones is 1. The molecule has 0 aliphatic rings. The van der Waals surface area contributed by atoms with Crippen LogP contribution in [-0.2, 0) is 13.7 Å². The molecule has 5 aromatic rings. The molecule has 5 nitrogen and oxygen atoms in total. The summed E-state index contributed by atoms with van der Waals surface area (Å²) >= 11 is 0. The highest BCUT2D eigenvalue weighted by Crippen LogP contribution is 2.71. The van der Waals surface area contributed by atoms with Gasteiger partial charge in [-0.25, -0.2) is 3.63 Å². The topological polar surface area (TPSA) is 69.7 Å². The van der Waals surface area contributed by atoms with E-state index in [1.807, 2.05) is 12.1 Å². The zero-order valence-corrected chi connectivity index (χ0v) is 28.1. The highest BCUT2D eigenvalue weighted by atomic mass is 32.3. The summed E-state index contributed by atoms with van der Waals surface area (Å²) in [5, 5.41) is -7.12. The van der Waals surface area contributed by atoms with Crippen LogP contribution in [0.3, 0.4) is 0 Å². The third-order valence-corrected chi connectivity index (χ3v) is 13.0. The molecule has 5 rings (SSSR count). The van der Waals surface area contributed by atoms with Crippen LogP contribution < -0.4 is 4.74 Å². The molecule has 0 N–H and O–H groups in total. The Labute approximate surface area is 293 Å². The van der Waals surface area contributed by atoms with E-state index in [9.17, 15) is 43.9 Å². The quantitative estimate of drug-likeness (QED) is 0.0933. The summed E-state index contributed by atoms with van der Waals surface area (Å²) in [7, 11) is -10.1. The van der Waals surface area contributed by atoms with Crippen LogP contribution in [-0.4, -0.2) is 44.6 Å². The van der Waals surface area contributed by atoms with Gasteiger partial charge in [-0.05, 0) is 82.1 Å². The minimum atomic E-state index is -7.52. The van der Waals surface area contributed by atoms with E-state index in [1.54, 1.807) is 24.3 Å². The second-order valence-electron chi connectivity index (χ2n) is 11.0. The van der Waals surface area contributed by atoms with E-state index in [4.69, 9.17) is 8.37 Å². The highest BCUT2D eigenvalue weighted by molar-refractivity contribution is 8.33. The lowest BCUT2D eigenvalue weighted by Crippen LogP contribution is -2.63. The lowest BCUT2D eigenvalue weighted by molar-refractivity contribution is -0.382. The van der Waals surface area contributed by atoms with Gasteiger partial charge in [-0.15, -0.1) is 0 Å². The van der Waals surface area contributed by atoms with Gasteiger partial charge in [0.15, 0.2) is 5.78 Å². The van der Waals surface area contributed by atoms with Crippen LogP contribution in [0, 0.1) is 0 Å². The lowest BCUT2D eigenvalue weighted by atomic mass is 9.99. The van der Waals surface area contributed by atoms with E-state index in [0.29, 0.717) is 5.75 Å². The van der Waals surface area contributed by atoms with E-state index in [0.717, 1.165) is 23.3 Å². The van der Waals surface area contributed by atoms with E-state index in [2.05, 4.69) is 0 Å². The van der Waals surface area contributed by atoms with Crippen molar-refractivity contribution < 1.29 is 61.1 Å². The summed E-state index contributed by atoms with van der Waals surface area (Å²) < 4.78 is 162. The molecule has 16 heteroatoms. The van der Waals surface area contributed by atoms with Crippen LogP contribution in [0.1, 0.15) is 15.9 Å². The van der Waals surface area contributed by atoms with Gasteiger partial charge in [0.25, 0.3) is 0 Å². The fraction of sp³-hybridized carbons (Fsp3) is 0.139. The Morgan fingerprint density at radius 2 is 0.904 bits per heavy atom. The molecule has 0 unspecified atom stereocenters. The average molecular weight is 773 g/mol. The Morgan fingerprint density at radius 3 is 1.31 bits per heavy atom. The Kier molecular flexibility index (Phi) is 10.3. The second-order valence-corrected chi connectivity index (χ2v) is 15.5. The van der Waals surface area contributed by atoms with Crippen LogP contribution >= 0.6 is 10.3 Å². The second kappa shape index (κ2) is 14.0. The summed E-state index contributed by atoms with van der Waals surface area (Å²) in [5.41, 5.74) is 1.80. The Hall–Kier alpha value is -4.80. The van der Waals surface area contributed by atoms with Crippen molar-refractivity contribution in [2.45, 2.75) is 38.0 Å². The summed E-state index contributed by atoms with van der Waals surface area (Å²) in [6.45, 7) is 0. The van der Waals surface area contributed by atoms with Gasteiger partial charge in [0.05, 0.1) is 7.11 Å². The maximum Gasteiger partial charge on any atom is 0.460 e. The maximum atomic E-state index is 15.1. The smallest absolute Gasteiger partial charge is 0.460 e. The molecule has 0 fully saturated rings. The fourth-order valence-electron chi connectivity index (χ4n) is 5.01. The number of halogens is 9. The number of carbonyl (C=O) groups excluding carboxylic acids is 1. The first-order chi connectivity index (χ1) is 24.3. The molecule has 274 valence electrons. The van der Waals surface area contributed by atoms with Crippen LogP contribution in [0.5, 0.6) is 5.75 Å². The van der Waals surface area contributed by atoms with E-state index < -0.39 is 49.5 Å². The number of alkyl halides is 9. The summed E-state index contributed by atoms with van der Waals surface area (Å²) in [6, 6.07) is 30.8. The van der Waals surface area contributed by atoms with Gasteiger partial charge in [-0.1, -0.05) is 72.8 Å². The molecular formula is C36H25F9O5S2. The third-order valence-electron chi connectivity index (χ3n) is 7.79. The van der Waals surface area contributed by atoms with Crippen LogP contribution in [0.4, 0.5) is 39.5 Å². The van der Waals surface area contributed by atoms with Crippen LogP contribution in [0.15, 0.2) is 148 Å². The molecule has 0 aliphatic heterocycles. The molecule has 0 atom stereocenters. The van der Waals surface area contributed by atoms with Crippen molar-refractivity contribution in [1.29, 1.82) is 0 Å². The van der Waals surface area contributed by atoms with Crippen molar-refractivity contribution in [1.82, 2.24) is 0 Å². The minimum Gasteiger partial charge on any atom is -0.497 e. The van der Waals surface area contributed by atoms with E-state index in [1.165, 1.54) is 92.0 Å². The minimum absolute atomic E-state index is 0.0000829. The van der Waals surface area contributed by atoms with Crippen molar-refractivity contribution in [2.75, 3.05) is 7.11 Å². The molecular weight excluding hydrogens is 748 g/mol. The SMILES string of the molecule is COc1ccc(-c2ccc(C(=O)c3ccc(S(OS(=O)(=O)C(F)(F)C(F)(F)C(F)(F)C(F)(F)F)(c4ccccc4)c4ccccc4)cc3)cc2)cc1. The van der Waals surface area contributed by atoms with Gasteiger partial charge in [0, 0.05) is 25.8 Å². The van der Waals surface area contributed by atoms with Crippen molar-refractivity contribution in [2.24, 2.45) is 0 Å².